The Morgan fingerprint density at radius 2 is 2.10 bits per heavy atom. The summed E-state index contributed by atoms with van der Waals surface area (Å²) in [6, 6.07) is 6.60. The first-order valence-corrected chi connectivity index (χ1v) is 7.04. The summed E-state index contributed by atoms with van der Waals surface area (Å²) >= 11 is 5.19. The summed E-state index contributed by atoms with van der Waals surface area (Å²) in [5.74, 6) is 0.893. The van der Waals surface area contributed by atoms with Crippen molar-refractivity contribution in [1.29, 1.82) is 0 Å². The van der Waals surface area contributed by atoms with Crippen molar-refractivity contribution >= 4 is 23.6 Å². The van der Waals surface area contributed by atoms with Gasteiger partial charge in [-0.05, 0) is 38.2 Å². The number of nitrogens with zero attached hydrogens (tertiary/aromatic N) is 3. The molecule has 112 valence electrons. The van der Waals surface area contributed by atoms with Crippen LogP contribution >= 0.6 is 12.2 Å². The van der Waals surface area contributed by atoms with Crippen molar-refractivity contribution in [3.8, 4) is 0 Å². The predicted molar refractivity (Wildman–Crippen MR) is 83.1 cm³/mol. The predicted octanol–water partition coefficient (Wildman–Crippen LogP) is 3.08. The number of nitrogens with one attached hydrogen (secondary N) is 2. The van der Waals surface area contributed by atoms with Crippen molar-refractivity contribution in [2.24, 2.45) is 0 Å². The Morgan fingerprint density at radius 3 is 2.67 bits per heavy atom. The molecule has 0 aliphatic carbocycles. The lowest BCUT2D eigenvalue weighted by Gasteiger charge is -2.11. The van der Waals surface area contributed by atoms with E-state index >= 15 is 0 Å². The molecular weight excluding hydrogens is 290 g/mol. The fraction of sp³-hybridized carbons (Fsp3) is 0.385. The van der Waals surface area contributed by atoms with Crippen LogP contribution in [0.5, 0.6) is 0 Å². The minimum Gasteiger partial charge on any atom is -0.385 e. The highest BCUT2D eigenvalue weighted by Crippen LogP contribution is 2.15. The normalized spacial score (nSPS) is 10.8. The highest BCUT2D eigenvalue weighted by Gasteiger charge is 2.09. The lowest BCUT2D eigenvalue weighted by atomic mass is 10.2. The SMILES string of the molecule is CC(C)n1c(CCNc2ccc([N+](=O)[O-])cc2)n[nH]c1=S. The van der Waals surface area contributed by atoms with E-state index in [9.17, 15) is 10.1 Å². The number of nitro groups is 1. The number of hydrogen-bond donors (Lipinski definition) is 2. The largest absolute Gasteiger partial charge is 0.385 e. The van der Waals surface area contributed by atoms with E-state index < -0.39 is 4.92 Å². The van der Waals surface area contributed by atoms with Crippen molar-refractivity contribution in [1.82, 2.24) is 14.8 Å². The molecule has 0 amide bonds. The van der Waals surface area contributed by atoms with Crippen molar-refractivity contribution in [3.05, 3.63) is 45.0 Å². The smallest absolute Gasteiger partial charge is 0.269 e. The Hall–Kier alpha value is -2.22. The van der Waals surface area contributed by atoms with Gasteiger partial charge in [-0.2, -0.15) is 5.10 Å². The van der Waals surface area contributed by atoms with Crippen LogP contribution in [0.15, 0.2) is 24.3 Å². The van der Waals surface area contributed by atoms with Gasteiger partial charge in [0.25, 0.3) is 5.69 Å². The van der Waals surface area contributed by atoms with E-state index in [1.807, 2.05) is 4.57 Å². The van der Waals surface area contributed by atoms with Gasteiger partial charge >= 0.3 is 0 Å². The van der Waals surface area contributed by atoms with Crippen LogP contribution in [0.1, 0.15) is 25.7 Å². The van der Waals surface area contributed by atoms with E-state index in [4.69, 9.17) is 12.2 Å². The van der Waals surface area contributed by atoms with Gasteiger partial charge in [-0.1, -0.05) is 0 Å². The maximum Gasteiger partial charge on any atom is 0.269 e. The summed E-state index contributed by atoms with van der Waals surface area (Å²) in [7, 11) is 0. The number of benzene rings is 1. The summed E-state index contributed by atoms with van der Waals surface area (Å²) in [6.07, 6.45) is 0.711. The molecule has 0 aliphatic heterocycles. The van der Waals surface area contributed by atoms with E-state index in [-0.39, 0.29) is 11.7 Å². The molecule has 0 aliphatic rings. The van der Waals surface area contributed by atoms with E-state index in [0.29, 0.717) is 17.7 Å². The number of H-pyrrole nitrogens is 1. The zero-order chi connectivity index (χ0) is 15.4. The number of rotatable bonds is 6. The third kappa shape index (κ3) is 3.66. The molecule has 0 spiro atoms. The summed E-state index contributed by atoms with van der Waals surface area (Å²) in [5.41, 5.74) is 0.923. The van der Waals surface area contributed by atoms with Crippen LogP contribution in [-0.4, -0.2) is 26.2 Å². The number of nitro benzene ring substituents is 1. The van der Waals surface area contributed by atoms with Crippen LogP contribution in [-0.2, 0) is 6.42 Å². The Bertz CT molecular complexity index is 675. The van der Waals surface area contributed by atoms with Gasteiger partial charge in [0.2, 0.25) is 0 Å². The van der Waals surface area contributed by atoms with Gasteiger partial charge < -0.3 is 9.88 Å². The number of anilines is 1. The van der Waals surface area contributed by atoms with Crippen molar-refractivity contribution < 1.29 is 4.92 Å². The van der Waals surface area contributed by atoms with Crippen LogP contribution < -0.4 is 5.32 Å². The topological polar surface area (TPSA) is 88.8 Å². The first-order chi connectivity index (χ1) is 9.99. The average Bonchev–Trinajstić information content (AvgIpc) is 2.80. The van der Waals surface area contributed by atoms with Crippen LogP contribution in [0.4, 0.5) is 11.4 Å². The summed E-state index contributed by atoms with van der Waals surface area (Å²) in [4.78, 5) is 10.2. The molecule has 2 aromatic rings. The molecule has 0 fully saturated rings. The van der Waals surface area contributed by atoms with E-state index in [1.165, 1.54) is 12.1 Å². The number of non-ortho nitro benzene ring substituents is 1. The lowest BCUT2D eigenvalue weighted by Crippen LogP contribution is -2.12. The molecule has 0 atom stereocenters. The minimum absolute atomic E-state index is 0.0845. The Labute approximate surface area is 127 Å². The third-order valence-electron chi connectivity index (χ3n) is 3.05. The van der Waals surface area contributed by atoms with Gasteiger partial charge in [0, 0.05) is 36.8 Å². The maximum absolute atomic E-state index is 10.6. The fourth-order valence-electron chi connectivity index (χ4n) is 2.07. The molecule has 0 radical (unpaired) electrons. The molecule has 1 aromatic carbocycles. The molecule has 1 heterocycles. The van der Waals surface area contributed by atoms with Crippen LogP contribution in [0, 0.1) is 14.9 Å². The standard InChI is InChI=1S/C13H17N5O2S/c1-9(2)17-12(15-16-13(17)21)7-8-14-10-3-5-11(6-4-10)18(19)20/h3-6,9,14H,7-8H2,1-2H3,(H,16,21). The van der Waals surface area contributed by atoms with Crippen molar-refractivity contribution in [2.75, 3.05) is 11.9 Å². The molecule has 0 saturated carbocycles. The zero-order valence-electron chi connectivity index (χ0n) is 11.9. The lowest BCUT2D eigenvalue weighted by molar-refractivity contribution is -0.384. The molecule has 1 aromatic heterocycles. The van der Waals surface area contributed by atoms with Crippen molar-refractivity contribution in [2.45, 2.75) is 26.3 Å². The maximum atomic E-state index is 10.6. The monoisotopic (exact) mass is 307 g/mol. The Morgan fingerprint density at radius 1 is 1.43 bits per heavy atom. The highest BCUT2D eigenvalue weighted by atomic mass is 32.1. The molecule has 8 heteroatoms. The Kier molecular flexibility index (Phi) is 4.69. The second kappa shape index (κ2) is 6.49. The Balaban J connectivity index is 1.95. The molecule has 21 heavy (non-hydrogen) atoms. The van der Waals surface area contributed by atoms with Gasteiger partial charge in [-0.15, -0.1) is 0 Å². The average molecular weight is 307 g/mol. The first kappa shape index (κ1) is 15.2. The van der Waals surface area contributed by atoms with E-state index in [2.05, 4.69) is 29.4 Å². The molecule has 0 unspecified atom stereocenters. The fourth-order valence-corrected chi connectivity index (χ4v) is 2.43. The zero-order valence-corrected chi connectivity index (χ0v) is 12.7. The quantitative estimate of drug-likeness (QED) is 0.486. The molecule has 0 bridgehead atoms. The van der Waals surface area contributed by atoms with Gasteiger partial charge in [0.15, 0.2) is 4.77 Å². The van der Waals surface area contributed by atoms with Crippen LogP contribution in [0.3, 0.4) is 0 Å². The molecular formula is C13H17N5O2S. The summed E-state index contributed by atoms with van der Waals surface area (Å²) in [5, 5.41) is 20.8. The third-order valence-corrected chi connectivity index (χ3v) is 3.34. The molecule has 7 nitrogen and oxygen atoms in total. The summed E-state index contributed by atoms with van der Waals surface area (Å²) < 4.78 is 2.60. The number of hydrogen-bond acceptors (Lipinski definition) is 5. The van der Waals surface area contributed by atoms with Crippen LogP contribution in [0.25, 0.3) is 0 Å². The van der Waals surface area contributed by atoms with Gasteiger partial charge in [0.1, 0.15) is 5.82 Å². The molecule has 2 rings (SSSR count). The highest BCUT2D eigenvalue weighted by molar-refractivity contribution is 7.71. The van der Waals surface area contributed by atoms with Gasteiger partial charge in [-0.3, -0.25) is 15.2 Å². The van der Waals surface area contributed by atoms with E-state index in [0.717, 1.165) is 11.5 Å². The van der Waals surface area contributed by atoms with Gasteiger partial charge in [-0.25, -0.2) is 0 Å². The number of aromatic nitrogens is 3. The van der Waals surface area contributed by atoms with Crippen LogP contribution in [0.2, 0.25) is 0 Å². The molecule has 0 saturated heterocycles. The van der Waals surface area contributed by atoms with Gasteiger partial charge in [0.05, 0.1) is 4.92 Å². The molecule has 2 N–H and O–H groups in total. The summed E-state index contributed by atoms with van der Waals surface area (Å²) in [6.45, 7) is 4.78. The van der Waals surface area contributed by atoms with E-state index in [1.54, 1.807) is 12.1 Å². The van der Waals surface area contributed by atoms with Crippen molar-refractivity contribution in [3.63, 3.8) is 0 Å². The second-order valence-electron chi connectivity index (χ2n) is 4.89. The first-order valence-electron chi connectivity index (χ1n) is 6.63. The second-order valence-corrected chi connectivity index (χ2v) is 5.28. The minimum atomic E-state index is -0.413. The number of aromatic amines is 1.